The summed E-state index contributed by atoms with van der Waals surface area (Å²) in [5.74, 6) is -1.39. The number of aliphatic carboxylic acids is 1. The number of aromatic nitrogens is 2. The molecule has 0 saturated heterocycles. The van der Waals surface area contributed by atoms with Gasteiger partial charge in [0.05, 0.1) is 23.8 Å². The van der Waals surface area contributed by atoms with E-state index in [9.17, 15) is 41.0 Å². The Balaban J connectivity index is 2.17. The number of ketones is 1. The summed E-state index contributed by atoms with van der Waals surface area (Å²) in [4.78, 5) is 26.9. The standard InChI is InChI=1S/C21H16F6N2O4S/c1-10(30)11-3-4-16(33-2)12(5-11)9-34-19-28-18-14(21(25,26)27)6-13(20(22,23)24)7-15(18)29(19)8-17(31)32/h3-7H,8-9H2,1-2H3,(H,31,32). The van der Waals surface area contributed by atoms with Gasteiger partial charge in [0, 0.05) is 16.9 Å². The summed E-state index contributed by atoms with van der Waals surface area (Å²) in [7, 11) is 1.37. The molecule has 0 atom stereocenters. The highest BCUT2D eigenvalue weighted by Gasteiger charge is 2.40. The summed E-state index contributed by atoms with van der Waals surface area (Å²) >= 11 is 0.799. The van der Waals surface area contributed by atoms with Gasteiger partial charge >= 0.3 is 18.3 Å². The Hall–Kier alpha value is -3.22. The van der Waals surface area contributed by atoms with Gasteiger partial charge in [0.2, 0.25) is 0 Å². The summed E-state index contributed by atoms with van der Waals surface area (Å²) in [6.45, 7) is 0.421. The average Bonchev–Trinajstić information content (AvgIpc) is 3.06. The Bertz CT molecular complexity index is 1270. The lowest BCUT2D eigenvalue weighted by Crippen LogP contribution is -2.13. The number of nitrogens with zero attached hydrogens (tertiary/aromatic N) is 2. The number of rotatable bonds is 7. The number of imidazole rings is 1. The fourth-order valence-corrected chi connectivity index (χ4v) is 4.22. The fourth-order valence-electron chi connectivity index (χ4n) is 3.23. The van der Waals surface area contributed by atoms with Gasteiger partial charge in [0.1, 0.15) is 17.8 Å². The first-order valence-electron chi connectivity index (χ1n) is 9.43. The van der Waals surface area contributed by atoms with Gasteiger partial charge in [-0.15, -0.1) is 0 Å². The van der Waals surface area contributed by atoms with Crippen LogP contribution in [0.15, 0.2) is 35.5 Å². The van der Waals surface area contributed by atoms with E-state index >= 15 is 0 Å². The van der Waals surface area contributed by atoms with Gasteiger partial charge in [-0.05, 0) is 37.3 Å². The van der Waals surface area contributed by atoms with Gasteiger partial charge in [-0.1, -0.05) is 11.8 Å². The molecule has 0 spiro atoms. The molecule has 3 rings (SSSR count). The molecule has 2 aromatic carbocycles. The van der Waals surface area contributed by atoms with Crippen LogP contribution in [-0.2, 0) is 29.4 Å². The number of carbonyl (C=O) groups excluding carboxylic acids is 1. The van der Waals surface area contributed by atoms with E-state index in [1.807, 2.05) is 0 Å². The number of carboxylic acids is 1. The number of hydrogen-bond acceptors (Lipinski definition) is 5. The average molecular weight is 506 g/mol. The second kappa shape index (κ2) is 9.20. The van der Waals surface area contributed by atoms with Crippen molar-refractivity contribution in [3.63, 3.8) is 0 Å². The predicted molar refractivity (Wildman–Crippen MR) is 110 cm³/mol. The number of ether oxygens (including phenoxy) is 1. The normalized spacial score (nSPS) is 12.2. The molecule has 13 heteroatoms. The lowest BCUT2D eigenvalue weighted by Gasteiger charge is -2.13. The molecular weight excluding hydrogens is 490 g/mol. The zero-order valence-corrected chi connectivity index (χ0v) is 18.4. The van der Waals surface area contributed by atoms with Crippen LogP contribution in [0.3, 0.4) is 0 Å². The molecule has 34 heavy (non-hydrogen) atoms. The van der Waals surface area contributed by atoms with Crippen LogP contribution in [0.2, 0.25) is 0 Å². The summed E-state index contributed by atoms with van der Waals surface area (Å²) < 4.78 is 86.6. The van der Waals surface area contributed by atoms with E-state index in [1.54, 1.807) is 0 Å². The number of Topliss-reactive ketones (excluding diaryl/α,β-unsaturated/α-hetero) is 1. The summed E-state index contributed by atoms with van der Waals surface area (Å²) in [5.41, 5.74) is -3.82. The van der Waals surface area contributed by atoms with Gasteiger partial charge < -0.3 is 14.4 Å². The lowest BCUT2D eigenvalue weighted by molar-refractivity contribution is -0.142. The van der Waals surface area contributed by atoms with E-state index in [1.165, 1.54) is 32.2 Å². The van der Waals surface area contributed by atoms with Crippen molar-refractivity contribution >= 4 is 34.5 Å². The first kappa shape index (κ1) is 25.4. The minimum absolute atomic E-state index is 0.0132. The van der Waals surface area contributed by atoms with Gasteiger partial charge in [-0.2, -0.15) is 26.3 Å². The SMILES string of the molecule is COc1ccc(C(C)=O)cc1CSc1nc2c(C(F)(F)F)cc(C(F)(F)F)cc2n1CC(=O)O. The van der Waals surface area contributed by atoms with Gasteiger partial charge in [0.25, 0.3) is 0 Å². The smallest absolute Gasteiger partial charge is 0.418 e. The molecule has 182 valence electrons. The molecule has 3 aromatic rings. The minimum Gasteiger partial charge on any atom is -0.496 e. The Kier molecular flexibility index (Phi) is 6.87. The third kappa shape index (κ3) is 5.29. The number of carboxylic acid groups (broad SMARTS) is 1. The molecule has 0 bridgehead atoms. The number of benzene rings is 2. The Morgan fingerprint density at radius 3 is 2.29 bits per heavy atom. The van der Waals surface area contributed by atoms with Crippen molar-refractivity contribution in [2.45, 2.75) is 36.7 Å². The van der Waals surface area contributed by atoms with Crippen LogP contribution >= 0.6 is 11.8 Å². The van der Waals surface area contributed by atoms with E-state index in [0.717, 1.165) is 16.3 Å². The molecule has 0 amide bonds. The maximum Gasteiger partial charge on any atom is 0.418 e. The molecule has 0 fully saturated rings. The molecule has 1 aromatic heterocycles. The second-order valence-electron chi connectivity index (χ2n) is 7.13. The van der Waals surface area contributed by atoms with Crippen LogP contribution in [-0.4, -0.2) is 33.5 Å². The molecule has 1 N–H and O–H groups in total. The highest BCUT2D eigenvalue weighted by molar-refractivity contribution is 7.98. The number of halogens is 6. The Morgan fingerprint density at radius 1 is 1.09 bits per heavy atom. The summed E-state index contributed by atoms with van der Waals surface area (Å²) in [6, 6.07) is 4.94. The molecule has 0 saturated carbocycles. The van der Waals surface area contributed by atoms with Crippen LogP contribution in [0.4, 0.5) is 26.3 Å². The third-order valence-electron chi connectivity index (χ3n) is 4.79. The fraction of sp³-hybridized carbons (Fsp3) is 0.286. The quantitative estimate of drug-likeness (QED) is 0.253. The van der Waals surface area contributed by atoms with Gasteiger partial charge in [-0.3, -0.25) is 9.59 Å². The maximum atomic E-state index is 13.6. The molecule has 0 aliphatic heterocycles. The van der Waals surface area contributed by atoms with Crippen molar-refractivity contribution in [2.75, 3.05) is 7.11 Å². The zero-order valence-electron chi connectivity index (χ0n) is 17.5. The van der Waals surface area contributed by atoms with E-state index in [0.29, 0.717) is 22.9 Å². The van der Waals surface area contributed by atoms with E-state index in [4.69, 9.17) is 4.74 Å². The highest BCUT2D eigenvalue weighted by Crippen LogP contribution is 2.41. The molecule has 0 aliphatic rings. The Labute approximate surface area is 192 Å². The Morgan fingerprint density at radius 2 is 1.76 bits per heavy atom. The lowest BCUT2D eigenvalue weighted by atomic mass is 10.1. The van der Waals surface area contributed by atoms with Crippen LogP contribution in [0.25, 0.3) is 11.0 Å². The first-order chi connectivity index (χ1) is 15.7. The van der Waals surface area contributed by atoms with Crippen molar-refractivity contribution in [3.05, 3.63) is 52.6 Å². The number of thioether (sulfide) groups is 1. The van der Waals surface area contributed by atoms with E-state index < -0.39 is 47.0 Å². The summed E-state index contributed by atoms with van der Waals surface area (Å²) in [6.07, 6.45) is -10.3. The number of methoxy groups -OCH3 is 1. The third-order valence-corrected chi connectivity index (χ3v) is 5.81. The van der Waals surface area contributed by atoms with Crippen molar-refractivity contribution < 1.29 is 45.8 Å². The van der Waals surface area contributed by atoms with Crippen LogP contribution in [0.1, 0.15) is 34.0 Å². The second-order valence-corrected chi connectivity index (χ2v) is 8.08. The highest BCUT2D eigenvalue weighted by atomic mass is 32.2. The zero-order chi connectivity index (χ0) is 25.4. The predicted octanol–water partition coefficient (Wildman–Crippen LogP) is 5.66. The topological polar surface area (TPSA) is 81.4 Å². The number of carbonyl (C=O) groups is 2. The summed E-state index contributed by atoms with van der Waals surface area (Å²) in [5, 5.41) is 8.99. The minimum atomic E-state index is -5.16. The van der Waals surface area contributed by atoms with Crippen molar-refractivity contribution in [1.29, 1.82) is 0 Å². The monoisotopic (exact) mass is 506 g/mol. The van der Waals surface area contributed by atoms with Crippen LogP contribution in [0.5, 0.6) is 5.75 Å². The van der Waals surface area contributed by atoms with Gasteiger partial charge in [-0.25, -0.2) is 4.98 Å². The number of hydrogen-bond donors (Lipinski definition) is 1. The van der Waals surface area contributed by atoms with Crippen LogP contribution in [0, 0.1) is 0 Å². The molecule has 0 radical (unpaired) electrons. The van der Waals surface area contributed by atoms with Crippen molar-refractivity contribution in [2.24, 2.45) is 0 Å². The van der Waals surface area contributed by atoms with E-state index in [2.05, 4.69) is 4.98 Å². The molecule has 0 aliphatic carbocycles. The molecule has 6 nitrogen and oxygen atoms in total. The van der Waals surface area contributed by atoms with E-state index in [-0.39, 0.29) is 22.8 Å². The number of fused-ring (bicyclic) bond motifs is 1. The molecular formula is C21H16F6N2O4S. The largest absolute Gasteiger partial charge is 0.496 e. The van der Waals surface area contributed by atoms with Crippen molar-refractivity contribution in [3.8, 4) is 5.75 Å². The number of alkyl halides is 6. The first-order valence-corrected chi connectivity index (χ1v) is 10.4. The molecule has 1 heterocycles. The van der Waals surface area contributed by atoms with Crippen molar-refractivity contribution in [1.82, 2.24) is 9.55 Å². The van der Waals surface area contributed by atoms with Crippen LogP contribution < -0.4 is 4.74 Å². The maximum absolute atomic E-state index is 13.6. The van der Waals surface area contributed by atoms with Gasteiger partial charge in [0.15, 0.2) is 10.9 Å². The molecule has 0 unspecified atom stereocenters.